The zero-order chi connectivity index (χ0) is 17.1. The highest BCUT2D eigenvalue weighted by atomic mass is 15.0. The quantitative estimate of drug-likeness (QED) is 0.720. The lowest BCUT2D eigenvalue weighted by molar-refractivity contribution is 0.394. The Labute approximate surface area is 152 Å². The van der Waals surface area contributed by atoms with Gasteiger partial charge in [0.2, 0.25) is 0 Å². The minimum atomic E-state index is 0.509. The maximum absolute atomic E-state index is 3.84. The van der Waals surface area contributed by atoms with Crippen LogP contribution < -0.4 is 10.6 Å². The molecule has 2 aliphatic carbocycles. The summed E-state index contributed by atoms with van der Waals surface area (Å²) in [7, 11) is 0. The van der Waals surface area contributed by atoms with Crippen molar-refractivity contribution in [2.45, 2.75) is 50.6 Å². The molecule has 2 N–H and O–H groups in total. The van der Waals surface area contributed by atoms with Gasteiger partial charge in [-0.15, -0.1) is 0 Å². The van der Waals surface area contributed by atoms with Crippen molar-refractivity contribution in [3.8, 4) is 0 Å². The van der Waals surface area contributed by atoms with Gasteiger partial charge in [0.1, 0.15) is 0 Å². The van der Waals surface area contributed by atoms with E-state index in [1.807, 2.05) is 0 Å². The van der Waals surface area contributed by atoms with Gasteiger partial charge >= 0.3 is 0 Å². The molecule has 0 heterocycles. The summed E-state index contributed by atoms with van der Waals surface area (Å²) < 4.78 is 0. The lowest BCUT2D eigenvalue weighted by Gasteiger charge is -2.21. The largest absolute Gasteiger partial charge is 0.313 e. The van der Waals surface area contributed by atoms with Crippen molar-refractivity contribution >= 4 is 0 Å². The highest BCUT2D eigenvalue weighted by Gasteiger charge is 2.45. The summed E-state index contributed by atoms with van der Waals surface area (Å²) >= 11 is 0. The highest BCUT2D eigenvalue weighted by Crippen LogP contribution is 2.46. The van der Waals surface area contributed by atoms with Gasteiger partial charge in [0.05, 0.1) is 0 Å². The Bertz CT molecular complexity index is 655. The first-order chi connectivity index (χ1) is 12.2. The van der Waals surface area contributed by atoms with Crippen molar-refractivity contribution in [1.82, 2.24) is 10.6 Å². The topological polar surface area (TPSA) is 24.1 Å². The van der Waals surface area contributed by atoms with E-state index >= 15 is 0 Å². The average molecular weight is 335 g/mol. The van der Waals surface area contributed by atoms with Crippen LogP contribution in [-0.4, -0.2) is 25.2 Å². The maximum Gasteiger partial charge on any atom is 0.0143 e. The summed E-state index contributed by atoms with van der Waals surface area (Å²) in [5.74, 6) is 0.738. The maximum atomic E-state index is 3.84. The Morgan fingerprint density at radius 3 is 2.32 bits per heavy atom. The molecule has 0 amide bonds. The number of nitrogens with one attached hydrogen (secondary N) is 2. The van der Waals surface area contributed by atoms with E-state index < -0.39 is 0 Å². The van der Waals surface area contributed by atoms with Crippen LogP contribution in [0.25, 0.3) is 0 Å². The molecule has 0 bridgehead atoms. The van der Waals surface area contributed by atoms with Gasteiger partial charge in [0.15, 0.2) is 0 Å². The fraction of sp³-hybridized carbons (Fsp3) is 0.478. The molecule has 0 aliphatic heterocycles. The first-order valence-electron chi connectivity index (χ1n) is 9.80. The molecule has 2 fully saturated rings. The lowest BCUT2D eigenvalue weighted by Crippen LogP contribution is -2.38. The Kier molecular flexibility index (Phi) is 4.91. The molecule has 0 spiro atoms. The molecule has 0 aromatic heterocycles. The van der Waals surface area contributed by atoms with E-state index in [1.165, 1.54) is 36.9 Å². The van der Waals surface area contributed by atoms with Crippen molar-refractivity contribution in [1.29, 1.82) is 0 Å². The number of hydrogen-bond acceptors (Lipinski definition) is 2. The molecule has 4 rings (SSSR count). The van der Waals surface area contributed by atoms with Crippen molar-refractivity contribution < 1.29 is 0 Å². The Morgan fingerprint density at radius 1 is 0.960 bits per heavy atom. The third kappa shape index (κ3) is 4.50. The van der Waals surface area contributed by atoms with Crippen LogP contribution in [0, 0.1) is 5.41 Å². The summed E-state index contributed by atoms with van der Waals surface area (Å²) in [5, 5.41) is 7.62. The summed E-state index contributed by atoms with van der Waals surface area (Å²) in [6.07, 6.45) is 5.16. The molecule has 0 unspecified atom stereocenters. The lowest BCUT2D eigenvalue weighted by atomic mass is 10.0. The molecule has 3 atom stereocenters. The summed E-state index contributed by atoms with van der Waals surface area (Å²) in [5.41, 5.74) is 3.43. The van der Waals surface area contributed by atoms with Gasteiger partial charge in [-0.25, -0.2) is 0 Å². The molecule has 2 heteroatoms. The molecule has 2 saturated carbocycles. The van der Waals surface area contributed by atoms with Gasteiger partial charge in [-0.1, -0.05) is 60.7 Å². The van der Waals surface area contributed by atoms with Gasteiger partial charge in [-0.2, -0.15) is 0 Å². The van der Waals surface area contributed by atoms with E-state index in [0.717, 1.165) is 18.9 Å². The minimum absolute atomic E-state index is 0.509. The van der Waals surface area contributed by atoms with Crippen LogP contribution in [0.4, 0.5) is 0 Å². The second-order valence-electron chi connectivity index (χ2n) is 8.21. The van der Waals surface area contributed by atoms with Gasteiger partial charge < -0.3 is 10.6 Å². The summed E-state index contributed by atoms with van der Waals surface area (Å²) in [6, 6.07) is 23.0. The Balaban J connectivity index is 1.19. The first kappa shape index (κ1) is 16.8. The normalized spacial score (nSPS) is 24.7. The van der Waals surface area contributed by atoms with E-state index in [1.54, 1.807) is 0 Å². The van der Waals surface area contributed by atoms with Gasteiger partial charge in [0, 0.05) is 31.1 Å². The van der Waals surface area contributed by atoms with E-state index in [4.69, 9.17) is 0 Å². The zero-order valence-electron chi connectivity index (χ0n) is 15.2. The second kappa shape index (κ2) is 7.31. The molecule has 2 aromatic carbocycles. The fourth-order valence-electron chi connectivity index (χ4n) is 3.86. The Hall–Kier alpha value is -1.64. The van der Waals surface area contributed by atoms with Crippen LogP contribution in [0.15, 0.2) is 60.7 Å². The van der Waals surface area contributed by atoms with Crippen molar-refractivity contribution in [3.05, 3.63) is 71.8 Å². The minimum Gasteiger partial charge on any atom is -0.313 e. The van der Waals surface area contributed by atoms with Crippen molar-refractivity contribution in [3.63, 3.8) is 0 Å². The number of hydrogen-bond donors (Lipinski definition) is 2. The fourth-order valence-corrected chi connectivity index (χ4v) is 3.86. The van der Waals surface area contributed by atoms with Gasteiger partial charge in [0.25, 0.3) is 0 Å². The van der Waals surface area contributed by atoms with E-state index in [2.05, 4.69) is 78.2 Å². The van der Waals surface area contributed by atoms with Crippen LogP contribution in [0.2, 0.25) is 0 Å². The van der Waals surface area contributed by atoms with E-state index in [9.17, 15) is 0 Å². The van der Waals surface area contributed by atoms with Crippen LogP contribution >= 0.6 is 0 Å². The van der Waals surface area contributed by atoms with Crippen molar-refractivity contribution in [2.75, 3.05) is 13.1 Å². The predicted molar refractivity (Wildman–Crippen MR) is 105 cm³/mol. The summed E-state index contributed by atoms with van der Waals surface area (Å²) in [6.45, 7) is 4.63. The molecule has 25 heavy (non-hydrogen) atoms. The third-order valence-electron chi connectivity index (χ3n) is 5.92. The van der Waals surface area contributed by atoms with Crippen LogP contribution in [0.1, 0.15) is 43.2 Å². The van der Waals surface area contributed by atoms with Crippen LogP contribution in [0.3, 0.4) is 0 Å². The van der Waals surface area contributed by atoms with Gasteiger partial charge in [-0.3, -0.25) is 0 Å². The van der Waals surface area contributed by atoms with Crippen LogP contribution in [-0.2, 0) is 6.42 Å². The predicted octanol–water partition coefficient (Wildman–Crippen LogP) is 4.13. The summed E-state index contributed by atoms with van der Waals surface area (Å²) in [4.78, 5) is 0. The van der Waals surface area contributed by atoms with Gasteiger partial charge in [-0.05, 0) is 49.1 Å². The zero-order valence-corrected chi connectivity index (χ0v) is 15.2. The van der Waals surface area contributed by atoms with Crippen molar-refractivity contribution in [2.24, 2.45) is 5.41 Å². The molecular weight excluding hydrogens is 304 g/mol. The molecule has 2 aliphatic rings. The average Bonchev–Trinajstić information content (AvgIpc) is 3.56. The molecule has 2 aromatic rings. The Morgan fingerprint density at radius 2 is 1.64 bits per heavy atom. The molecule has 132 valence electrons. The first-order valence-corrected chi connectivity index (χ1v) is 9.80. The van der Waals surface area contributed by atoms with Crippen LogP contribution in [0.5, 0.6) is 0 Å². The van der Waals surface area contributed by atoms with E-state index in [-0.39, 0.29) is 0 Å². The number of benzene rings is 2. The molecule has 2 nitrogen and oxygen atoms in total. The molecule has 0 saturated heterocycles. The molecule has 0 radical (unpaired) electrons. The standard InChI is InChI=1S/C23H30N2/c1-18(14-19-8-4-2-5-9-19)24-16-23(12-13-23)17-25-22-15-21(22)20-10-6-3-7-11-20/h2-11,18,21-22,24-25H,12-17H2,1H3/t18-,21+,22-/m1/s1. The second-order valence-corrected chi connectivity index (χ2v) is 8.21. The van der Waals surface area contributed by atoms with E-state index in [0.29, 0.717) is 17.5 Å². The monoisotopic (exact) mass is 334 g/mol. The smallest absolute Gasteiger partial charge is 0.0143 e. The highest BCUT2D eigenvalue weighted by molar-refractivity contribution is 5.27. The third-order valence-corrected chi connectivity index (χ3v) is 5.92. The molecular formula is C23H30N2. The SMILES string of the molecule is C[C@H](Cc1ccccc1)NCC1(CN[C@@H]2C[C@H]2c2ccccc2)CC1. The number of rotatable bonds is 9.